The van der Waals surface area contributed by atoms with Crippen molar-refractivity contribution in [2.45, 2.75) is 154 Å². The van der Waals surface area contributed by atoms with Crippen molar-refractivity contribution in [2.75, 3.05) is 71.1 Å². The minimum Gasteiger partial charge on any atom is -0.454 e. The molecule has 3 saturated heterocycles. The molecule has 3 amide bonds. The highest BCUT2D eigenvalue weighted by Gasteiger charge is 2.32. The number of esters is 1. The number of nitrogens with one attached hydrogen (secondary N) is 2. The van der Waals surface area contributed by atoms with Gasteiger partial charge >= 0.3 is 5.97 Å². The molecule has 6 aliphatic rings. The van der Waals surface area contributed by atoms with Crippen LogP contribution in [0.15, 0.2) is 99.0 Å². The average molecular weight is 1690 g/mol. The number of carbonyl (C=O) groups is 4. The van der Waals surface area contributed by atoms with Crippen molar-refractivity contribution >= 4 is 152 Å². The van der Waals surface area contributed by atoms with E-state index >= 15 is 0 Å². The van der Waals surface area contributed by atoms with E-state index in [9.17, 15) is 29.4 Å². The molecule has 0 unspecified atom stereocenters. The van der Waals surface area contributed by atoms with E-state index in [0.29, 0.717) is 155 Å². The zero-order chi connectivity index (χ0) is 73.7. The van der Waals surface area contributed by atoms with Crippen molar-refractivity contribution in [1.82, 2.24) is 73.3 Å². The molecule has 0 aliphatic carbocycles. The number of nitrogen functional groups attached to an aromatic ring is 2. The molecular formula is C68H77Br3N18O13S3. The number of aromatic nitrogens is 12. The van der Waals surface area contributed by atoms with Crippen LogP contribution in [-0.2, 0) is 43.5 Å². The third kappa shape index (κ3) is 17.4. The second kappa shape index (κ2) is 33.3. The monoisotopic (exact) mass is 1690 g/mol. The number of nitrogens with two attached hydrogens (primary N) is 2. The molecule has 0 radical (unpaired) electrons. The smallest absolute Gasteiger partial charge is 0.303 e. The third-order valence-corrected chi connectivity index (χ3v) is 24.7. The summed E-state index contributed by atoms with van der Waals surface area (Å²) in [5.74, 6) is 5.28. The van der Waals surface area contributed by atoms with Gasteiger partial charge in [-0.3, -0.25) is 24.6 Å². The van der Waals surface area contributed by atoms with Gasteiger partial charge in [-0.05, 0) is 181 Å². The maximum Gasteiger partial charge on any atom is 0.303 e. The summed E-state index contributed by atoms with van der Waals surface area (Å²) in [6.45, 7) is 12.7. The van der Waals surface area contributed by atoms with Gasteiger partial charge in [-0.25, -0.2) is 39.9 Å². The predicted molar refractivity (Wildman–Crippen MR) is 397 cm³/mol. The Bertz CT molecular complexity index is 4790. The van der Waals surface area contributed by atoms with Crippen LogP contribution in [0.1, 0.15) is 85.5 Å². The Morgan fingerprint density at radius 2 is 0.933 bits per heavy atom. The van der Waals surface area contributed by atoms with Gasteiger partial charge in [0.15, 0.2) is 101 Å². The molecule has 12 heterocycles. The molecule has 6 aromatic heterocycles. The molecule has 6 aliphatic heterocycles. The number of hydrogen-bond donors (Lipinski definition) is 6. The van der Waals surface area contributed by atoms with Gasteiger partial charge in [0.25, 0.3) is 17.7 Å². The van der Waals surface area contributed by atoms with Gasteiger partial charge in [-0.15, -0.1) is 0 Å². The largest absolute Gasteiger partial charge is 0.454 e. The Labute approximate surface area is 639 Å². The number of ether oxygens (including phenoxy) is 7. The van der Waals surface area contributed by atoms with Crippen LogP contribution in [0.5, 0.6) is 34.5 Å². The van der Waals surface area contributed by atoms with Gasteiger partial charge in [0, 0.05) is 93.9 Å². The number of amides is 3. The number of piperidine rings is 3. The fraction of sp³-hybridized carbons (Fsp3) is 0.456. The number of fused-ring (bicyclic) bond motifs is 6. The van der Waals surface area contributed by atoms with Crippen molar-refractivity contribution in [3.8, 4) is 34.5 Å². The molecular weight excluding hydrogens is 1610 g/mol. The van der Waals surface area contributed by atoms with E-state index in [-0.39, 0.29) is 43.6 Å². The van der Waals surface area contributed by atoms with E-state index in [4.69, 9.17) is 65.0 Å². The summed E-state index contributed by atoms with van der Waals surface area (Å²) in [6, 6.07) is 11.4. The van der Waals surface area contributed by atoms with E-state index in [1.165, 1.54) is 68.7 Å². The summed E-state index contributed by atoms with van der Waals surface area (Å²) < 4.78 is 46.7. The van der Waals surface area contributed by atoms with Crippen LogP contribution in [0.4, 0.5) is 11.6 Å². The number of rotatable bonds is 19. The van der Waals surface area contributed by atoms with Gasteiger partial charge in [0.2, 0.25) is 20.4 Å². The number of aliphatic hydroxyl groups excluding tert-OH is 2. The number of benzene rings is 3. The number of aryl methyl sites for hydroxylation is 3. The van der Waals surface area contributed by atoms with Gasteiger partial charge in [0.05, 0.1) is 6.33 Å². The molecule has 0 bridgehead atoms. The lowest BCUT2D eigenvalue weighted by atomic mass is 9.93. The Kier molecular flexibility index (Phi) is 23.8. The van der Waals surface area contributed by atoms with Crippen molar-refractivity contribution < 1.29 is 62.5 Å². The molecule has 3 atom stereocenters. The maximum atomic E-state index is 12.6. The Hall–Kier alpha value is -8.20. The van der Waals surface area contributed by atoms with E-state index in [2.05, 4.69) is 86.8 Å². The number of nitrogens with zero attached hydrogens (tertiary/aromatic N) is 14. The minimum atomic E-state index is -0.950. The quantitative estimate of drug-likeness (QED) is 0.0410. The highest BCUT2D eigenvalue weighted by Crippen LogP contribution is 2.47. The summed E-state index contributed by atoms with van der Waals surface area (Å²) in [5.41, 5.74) is 16.2. The van der Waals surface area contributed by atoms with Crippen LogP contribution in [0.25, 0.3) is 33.5 Å². The SMILES string of the molecule is CC(=O)O[C@@H](C)C(=O)N1CCC(CCn2c(Sc3cc4c(cc3Br)OCO4)nc3c(N)ncnc32)CC1.C[C@H](O)C(=O)N1CCC(CCn2c(Sc3cc4c(cc3Br)OCO4)nc3c(N)ncnc32)CC1.C[C@H](O)C(=O)N1CCC(CCn2cnc(=N)c3[nH]c(Sc4cc5c(cc4Br)OCO5)nc32)CC1. The first kappa shape index (κ1) is 75.0. The van der Waals surface area contributed by atoms with Crippen LogP contribution < -0.4 is 45.4 Å². The molecule has 556 valence electrons. The minimum absolute atomic E-state index is 0.144. The van der Waals surface area contributed by atoms with Crippen molar-refractivity contribution in [3.63, 3.8) is 0 Å². The van der Waals surface area contributed by atoms with Crippen LogP contribution >= 0.6 is 83.1 Å². The lowest BCUT2D eigenvalue weighted by molar-refractivity contribution is -0.158. The Balaban J connectivity index is 0.000000140. The lowest BCUT2D eigenvalue weighted by Gasteiger charge is -2.33. The average Bonchev–Trinajstić information content (AvgIpc) is 1.63. The number of anilines is 2. The van der Waals surface area contributed by atoms with Gasteiger partial charge < -0.3 is 88.2 Å². The van der Waals surface area contributed by atoms with Crippen LogP contribution in [-0.4, -0.2) is 185 Å². The normalized spacial score (nSPS) is 16.6. The van der Waals surface area contributed by atoms with Crippen molar-refractivity contribution in [2.24, 2.45) is 17.8 Å². The fourth-order valence-electron chi connectivity index (χ4n) is 13.2. The molecule has 0 saturated carbocycles. The van der Waals surface area contributed by atoms with Crippen LogP contribution in [0.3, 0.4) is 0 Å². The Morgan fingerprint density at radius 3 is 1.33 bits per heavy atom. The lowest BCUT2D eigenvalue weighted by Crippen LogP contribution is -2.44. The summed E-state index contributed by atoms with van der Waals surface area (Å²) in [6.07, 6.45) is 10.0. The summed E-state index contributed by atoms with van der Waals surface area (Å²) in [7, 11) is 0. The molecule has 3 aromatic carbocycles. The molecule has 0 spiro atoms. The zero-order valence-corrected chi connectivity index (χ0v) is 64.9. The second-order valence-corrected chi connectivity index (χ2v) is 31.6. The van der Waals surface area contributed by atoms with Crippen molar-refractivity contribution in [3.05, 3.63) is 74.3 Å². The van der Waals surface area contributed by atoms with Crippen molar-refractivity contribution in [1.29, 1.82) is 5.41 Å². The number of hydrogen-bond acceptors (Lipinski definition) is 27. The number of carbonyl (C=O) groups excluding carboxylic acids is 4. The number of likely N-dealkylation sites (tertiary alicyclic amines) is 3. The molecule has 31 nitrogen and oxygen atoms in total. The van der Waals surface area contributed by atoms with E-state index in [1.54, 1.807) is 28.0 Å². The molecule has 3 fully saturated rings. The van der Waals surface area contributed by atoms with E-state index in [0.717, 1.165) is 103 Å². The molecule has 105 heavy (non-hydrogen) atoms. The van der Waals surface area contributed by atoms with Crippen LogP contribution in [0, 0.1) is 23.2 Å². The Morgan fingerprint density at radius 1 is 0.552 bits per heavy atom. The van der Waals surface area contributed by atoms with E-state index < -0.39 is 24.3 Å². The number of aromatic amines is 1. The topological polar surface area (TPSA) is 393 Å². The first-order chi connectivity index (χ1) is 50.6. The maximum absolute atomic E-state index is 12.6. The summed E-state index contributed by atoms with van der Waals surface area (Å²) in [5, 5.41) is 29.5. The summed E-state index contributed by atoms with van der Waals surface area (Å²) in [4.78, 5) is 94.8. The number of aliphatic hydroxyl groups is 2. The number of H-pyrrole nitrogens is 1. The third-order valence-electron chi connectivity index (χ3n) is 18.9. The first-order valence-corrected chi connectivity index (χ1v) is 39.1. The first-order valence-electron chi connectivity index (χ1n) is 34.2. The summed E-state index contributed by atoms with van der Waals surface area (Å²) >= 11 is 15.3. The number of halogens is 3. The van der Waals surface area contributed by atoms with Gasteiger partial charge in [-0.2, -0.15) is 0 Å². The second-order valence-electron chi connectivity index (χ2n) is 26.0. The van der Waals surface area contributed by atoms with Gasteiger partial charge in [-0.1, -0.05) is 35.3 Å². The molecule has 9 aromatic rings. The predicted octanol–water partition coefficient (Wildman–Crippen LogP) is 9.58. The highest BCUT2D eigenvalue weighted by atomic mass is 79.9. The zero-order valence-electron chi connectivity index (χ0n) is 57.7. The molecule has 37 heteroatoms. The number of imidazole rings is 3. The molecule has 8 N–H and O–H groups in total. The molecule has 15 rings (SSSR count). The standard InChI is InChI=1S/C24H27BrN6O5S.2C22H25BrN6O4S/c1-13(36-14(2)32)23(33)30-6-3-15(4-7-30)5-8-31-22-20(21(26)27-11-28-22)29-24(31)37-19-10-18-17(9-16(19)25)34-12-35-18;1-12(30)21(31)28-5-2-13(3-6-28)4-7-29-10-25-19(24)18-20(29)27-22(26-18)34-17-9-16-15(8-14(17)23)32-11-33-16;1-12(30)21(31)28-5-2-13(3-6-28)4-7-29-20-18(19(24)25-10-26-20)27-22(29)34-17-9-16-15(8-14(17)23)32-11-33-16/h9-11,13,15H,3-8,12H2,1-2H3,(H2,26,27,28);8-10,12-13,24,30H,2-7,11H2,1H3,(H,26,27);8-10,12-13,30H,2-7,11H2,1H3,(H2,24,25,26)/t13-;2*12-/m000/s1. The van der Waals surface area contributed by atoms with Crippen LogP contribution in [0.2, 0.25) is 0 Å². The fourth-order valence-corrected chi connectivity index (χ4v) is 17.6. The van der Waals surface area contributed by atoms with E-state index in [1.807, 2.05) is 41.0 Å². The highest BCUT2D eigenvalue weighted by molar-refractivity contribution is 9.11. The van der Waals surface area contributed by atoms with Gasteiger partial charge in [0.1, 0.15) is 30.4 Å².